The molecule has 5 nitrogen and oxygen atoms in total. The lowest BCUT2D eigenvalue weighted by Gasteiger charge is -2.26. The average Bonchev–Trinajstić information content (AvgIpc) is 2.72. The first-order chi connectivity index (χ1) is 13.2. The zero-order chi connectivity index (χ0) is 19.1. The van der Waals surface area contributed by atoms with Gasteiger partial charge in [0.05, 0.1) is 24.9 Å². The first-order valence-electron chi connectivity index (χ1n) is 8.62. The Kier molecular flexibility index (Phi) is 6.64. The van der Waals surface area contributed by atoms with Crippen LogP contribution in [0, 0.1) is 11.3 Å². The van der Waals surface area contributed by atoms with E-state index in [1.165, 1.54) is 0 Å². The number of rotatable bonds is 5. The molecule has 0 radical (unpaired) electrons. The van der Waals surface area contributed by atoms with Gasteiger partial charge in [0.1, 0.15) is 5.75 Å². The number of halogens is 1. The molecule has 1 heterocycles. The van der Waals surface area contributed by atoms with Crippen molar-refractivity contribution in [2.45, 2.75) is 0 Å². The van der Waals surface area contributed by atoms with E-state index >= 15 is 0 Å². The molecule has 2 aromatic carbocycles. The van der Waals surface area contributed by atoms with Gasteiger partial charge < -0.3 is 14.4 Å². The summed E-state index contributed by atoms with van der Waals surface area (Å²) in [5, 5.41) is 9.43. The van der Waals surface area contributed by atoms with Crippen LogP contribution in [0.2, 0.25) is 0 Å². The molecular formula is C21H19BrN2O3. The number of hydrogen-bond acceptors (Lipinski definition) is 4. The molecule has 0 saturated carbocycles. The third kappa shape index (κ3) is 5.43. The molecule has 138 valence electrons. The quantitative estimate of drug-likeness (QED) is 0.539. The molecule has 1 amide bonds. The van der Waals surface area contributed by atoms with Gasteiger partial charge in [-0.25, -0.2) is 0 Å². The minimum atomic E-state index is -0.0377. The highest BCUT2D eigenvalue weighted by Gasteiger charge is 2.17. The van der Waals surface area contributed by atoms with Crippen molar-refractivity contribution in [1.29, 1.82) is 5.26 Å². The molecule has 1 aliphatic rings. The highest BCUT2D eigenvalue weighted by molar-refractivity contribution is 9.10. The molecule has 0 bridgehead atoms. The van der Waals surface area contributed by atoms with Crippen molar-refractivity contribution < 1.29 is 14.3 Å². The van der Waals surface area contributed by atoms with Gasteiger partial charge in [-0.15, -0.1) is 0 Å². The molecule has 0 atom stereocenters. The standard InChI is InChI=1S/C21H19BrN2O3/c22-19-5-3-17(4-6-19)18(14-23)13-16-1-7-20(8-2-16)27-15-21(25)24-9-11-26-12-10-24/h1-8,13H,9-12,15H2/b18-13-. The topological polar surface area (TPSA) is 62.6 Å². The van der Waals surface area contributed by atoms with Crippen LogP contribution in [0.1, 0.15) is 11.1 Å². The summed E-state index contributed by atoms with van der Waals surface area (Å²) >= 11 is 3.39. The minimum Gasteiger partial charge on any atom is -0.484 e. The van der Waals surface area contributed by atoms with E-state index < -0.39 is 0 Å². The summed E-state index contributed by atoms with van der Waals surface area (Å²) in [6.45, 7) is 2.38. The Hall–Kier alpha value is -2.62. The molecule has 1 fully saturated rings. The Morgan fingerprint density at radius 3 is 2.44 bits per heavy atom. The SMILES string of the molecule is N#C/C(=C/c1ccc(OCC(=O)N2CCOCC2)cc1)c1ccc(Br)cc1. The molecule has 0 aliphatic carbocycles. The monoisotopic (exact) mass is 426 g/mol. The van der Waals surface area contributed by atoms with Crippen LogP contribution < -0.4 is 4.74 Å². The summed E-state index contributed by atoms with van der Waals surface area (Å²) in [6, 6.07) is 17.2. The van der Waals surface area contributed by atoms with E-state index in [0.29, 0.717) is 37.6 Å². The van der Waals surface area contributed by atoms with E-state index in [-0.39, 0.29) is 12.5 Å². The van der Waals surface area contributed by atoms with Gasteiger partial charge in [0.2, 0.25) is 0 Å². The zero-order valence-corrected chi connectivity index (χ0v) is 16.3. The lowest BCUT2D eigenvalue weighted by Crippen LogP contribution is -2.42. The number of benzene rings is 2. The molecule has 0 spiro atoms. The third-order valence-electron chi connectivity index (χ3n) is 4.19. The van der Waals surface area contributed by atoms with Gasteiger partial charge in [-0.2, -0.15) is 5.26 Å². The number of morpholine rings is 1. The molecule has 6 heteroatoms. The van der Waals surface area contributed by atoms with Gasteiger partial charge in [0, 0.05) is 17.6 Å². The van der Waals surface area contributed by atoms with E-state index in [9.17, 15) is 10.1 Å². The van der Waals surface area contributed by atoms with Crippen molar-refractivity contribution in [3.8, 4) is 11.8 Å². The number of carbonyl (C=O) groups is 1. The smallest absolute Gasteiger partial charge is 0.260 e. The normalized spacial score (nSPS) is 14.5. The largest absolute Gasteiger partial charge is 0.484 e. The highest BCUT2D eigenvalue weighted by Crippen LogP contribution is 2.21. The second-order valence-electron chi connectivity index (χ2n) is 6.03. The summed E-state index contributed by atoms with van der Waals surface area (Å²) in [6.07, 6.45) is 1.83. The summed E-state index contributed by atoms with van der Waals surface area (Å²) in [7, 11) is 0. The van der Waals surface area contributed by atoms with E-state index in [2.05, 4.69) is 22.0 Å². The lowest BCUT2D eigenvalue weighted by molar-refractivity contribution is -0.137. The number of nitrogens with zero attached hydrogens (tertiary/aromatic N) is 2. The fourth-order valence-corrected chi connectivity index (χ4v) is 2.95. The number of amides is 1. The van der Waals surface area contributed by atoms with Crippen LogP contribution >= 0.6 is 15.9 Å². The Labute approximate surface area is 166 Å². The maximum Gasteiger partial charge on any atom is 0.260 e. The fourth-order valence-electron chi connectivity index (χ4n) is 2.69. The van der Waals surface area contributed by atoms with Crippen LogP contribution in [0.5, 0.6) is 5.75 Å². The lowest BCUT2D eigenvalue weighted by atomic mass is 10.0. The number of ether oxygens (including phenoxy) is 2. The third-order valence-corrected chi connectivity index (χ3v) is 4.72. The number of carbonyl (C=O) groups excluding carboxylic acids is 1. The second kappa shape index (κ2) is 9.36. The number of nitriles is 1. The Morgan fingerprint density at radius 2 is 1.81 bits per heavy atom. The van der Waals surface area contributed by atoms with Crippen LogP contribution in [0.25, 0.3) is 11.6 Å². The van der Waals surface area contributed by atoms with Crippen molar-refractivity contribution in [3.05, 3.63) is 64.1 Å². The van der Waals surface area contributed by atoms with Crippen LogP contribution in [0.3, 0.4) is 0 Å². The molecule has 0 unspecified atom stereocenters. The zero-order valence-electron chi connectivity index (χ0n) is 14.7. The minimum absolute atomic E-state index is 0.0114. The van der Waals surface area contributed by atoms with Gasteiger partial charge >= 0.3 is 0 Å². The van der Waals surface area contributed by atoms with Crippen LogP contribution in [0.4, 0.5) is 0 Å². The van der Waals surface area contributed by atoms with Crippen LogP contribution in [-0.2, 0) is 9.53 Å². The molecule has 1 aliphatic heterocycles. The first-order valence-corrected chi connectivity index (χ1v) is 9.41. The maximum atomic E-state index is 12.1. The highest BCUT2D eigenvalue weighted by atomic mass is 79.9. The predicted octanol–water partition coefficient (Wildman–Crippen LogP) is 3.75. The number of hydrogen-bond donors (Lipinski definition) is 0. The molecule has 0 aromatic heterocycles. The molecule has 3 rings (SSSR count). The van der Waals surface area contributed by atoms with E-state index in [0.717, 1.165) is 15.6 Å². The van der Waals surface area contributed by atoms with Crippen molar-refractivity contribution in [1.82, 2.24) is 4.90 Å². The molecule has 27 heavy (non-hydrogen) atoms. The molecule has 0 N–H and O–H groups in total. The van der Waals surface area contributed by atoms with Crippen molar-refractivity contribution >= 4 is 33.5 Å². The fraction of sp³-hybridized carbons (Fsp3) is 0.238. The Bertz CT molecular complexity index is 848. The van der Waals surface area contributed by atoms with Crippen molar-refractivity contribution in [2.24, 2.45) is 0 Å². The van der Waals surface area contributed by atoms with Crippen LogP contribution in [-0.4, -0.2) is 43.7 Å². The van der Waals surface area contributed by atoms with Crippen LogP contribution in [0.15, 0.2) is 53.0 Å². The molecule has 2 aromatic rings. The van der Waals surface area contributed by atoms with Gasteiger partial charge in [-0.05, 0) is 41.5 Å². The van der Waals surface area contributed by atoms with Gasteiger partial charge in [-0.3, -0.25) is 4.79 Å². The van der Waals surface area contributed by atoms with E-state index in [4.69, 9.17) is 9.47 Å². The van der Waals surface area contributed by atoms with Crippen molar-refractivity contribution in [2.75, 3.05) is 32.9 Å². The Balaban J connectivity index is 1.61. The van der Waals surface area contributed by atoms with Crippen molar-refractivity contribution in [3.63, 3.8) is 0 Å². The summed E-state index contributed by atoms with van der Waals surface area (Å²) in [5.74, 6) is 0.584. The number of allylic oxidation sites excluding steroid dienone is 1. The van der Waals surface area contributed by atoms with E-state index in [1.54, 1.807) is 17.0 Å². The summed E-state index contributed by atoms with van der Waals surface area (Å²) in [4.78, 5) is 13.8. The summed E-state index contributed by atoms with van der Waals surface area (Å²) in [5.41, 5.74) is 2.33. The Morgan fingerprint density at radius 1 is 1.15 bits per heavy atom. The molecular weight excluding hydrogens is 408 g/mol. The average molecular weight is 427 g/mol. The van der Waals surface area contributed by atoms with Gasteiger partial charge in [0.25, 0.3) is 5.91 Å². The molecule has 1 saturated heterocycles. The van der Waals surface area contributed by atoms with E-state index in [1.807, 2.05) is 42.5 Å². The predicted molar refractivity (Wildman–Crippen MR) is 107 cm³/mol. The van der Waals surface area contributed by atoms with Gasteiger partial charge in [0.15, 0.2) is 6.61 Å². The van der Waals surface area contributed by atoms with Gasteiger partial charge in [-0.1, -0.05) is 40.2 Å². The summed E-state index contributed by atoms with van der Waals surface area (Å²) < 4.78 is 11.8. The second-order valence-corrected chi connectivity index (χ2v) is 6.94. The first kappa shape index (κ1) is 19.2. The maximum absolute atomic E-state index is 12.1.